The number of anilines is 1. The molecular formula is C44H53F3N6O5. The van der Waals surface area contributed by atoms with Crippen LogP contribution in [0.4, 0.5) is 18.9 Å². The molecule has 5 heterocycles. The number of nitrogens with zero attached hydrogens (tertiary/aromatic N) is 5. The van der Waals surface area contributed by atoms with Gasteiger partial charge in [-0.05, 0) is 96.9 Å². The molecule has 8 rings (SSSR count). The minimum atomic E-state index is -4.74. The lowest BCUT2D eigenvalue weighted by atomic mass is 9.95. The van der Waals surface area contributed by atoms with Crippen LogP contribution in [0.5, 0.6) is 5.75 Å². The summed E-state index contributed by atoms with van der Waals surface area (Å²) in [6.45, 7) is 10.2. The minimum Gasteiger partial charge on any atom is -0.406 e. The minimum absolute atomic E-state index is 0.171. The second-order valence-corrected chi connectivity index (χ2v) is 16.2. The number of carbonyl (C=O) groups excluding carboxylic acids is 2. The Hall–Kier alpha value is -4.47. The van der Waals surface area contributed by atoms with Crippen molar-refractivity contribution in [2.75, 3.05) is 64.9 Å². The van der Waals surface area contributed by atoms with E-state index < -0.39 is 6.36 Å². The first-order chi connectivity index (χ1) is 28.0. The highest BCUT2D eigenvalue weighted by molar-refractivity contribution is 6.00. The molecule has 11 nitrogen and oxygen atoms in total. The highest BCUT2D eigenvalue weighted by atomic mass is 19.4. The van der Waals surface area contributed by atoms with Crippen molar-refractivity contribution in [3.05, 3.63) is 83.6 Å². The third kappa shape index (κ3) is 9.36. The van der Waals surface area contributed by atoms with Gasteiger partial charge in [0.2, 0.25) is 11.8 Å². The lowest BCUT2D eigenvalue weighted by molar-refractivity contribution is -0.274. The van der Waals surface area contributed by atoms with Crippen molar-refractivity contribution < 1.29 is 37.0 Å². The molecule has 1 unspecified atom stereocenters. The zero-order chi connectivity index (χ0) is 40.4. The highest BCUT2D eigenvalue weighted by Crippen LogP contribution is 2.35. The maximum atomic E-state index is 12.8. The number of likely N-dealkylation sites (tertiary alicyclic amines) is 1. The molecule has 310 valence electrons. The highest BCUT2D eigenvalue weighted by Gasteiger charge is 2.35. The monoisotopic (exact) mass is 802 g/mol. The molecule has 1 N–H and O–H groups in total. The van der Waals surface area contributed by atoms with Gasteiger partial charge in [0.05, 0.1) is 6.04 Å². The molecule has 14 heteroatoms. The van der Waals surface area contributed by atoms with E-state index in [1.807, 2.05) is 0 Å². The van der Waals surface area contributed by atoms with E-state index in [0.29, 0.717) is 31.7 Å². The number of piperidine rings is 2. The predicted octanol–water partition coefficient (Wildman–Crippen LogP) is 6.37. The smallest absolute Gasteiger partial charge is 0.406 e. The summed E-state index contributed by atoms with van der Waals surface area (Å²) in [5.74, 6) is 0.0747. The van der Waals surface area contributed by atoms with E-state index in [2.05, 4.69) is 76.8 Å². The molecule has 3 saturated heterocycles. The predicted molar refractivity (Wildman–Crippen MR) is 215 cm³/mol. The van der Waals surface area contributed by atoms with E-state index in [-0.39, 0.29) is 29.9 Å². The molecule has 3 fully saturated rings. The van der Waals surface area contributed by atoms with Gasteiger partial charge in [-0.3, -0.25) is 29.6 Å². The number of piperazine rings is 1. The van der Waals surface area contributed by atoms with Gasteiger partial charge in [-0.1, -0.05) is 24.3 Å². The fourth-order valence-electron chi connectivity index (χ4n) is 9.26. The molecule has 1 atom stereocenters. The number of carbonyl (C=O) groups is 2. The van der Waals surface area contributed by atoms with Crippen LogP contribution in [0.3, 0.4) is 0 Å². The van der Waals surface area contributed by atoms with Gasteiger partial charge in [0, 0.05) is 114 Å². The van der Waals surface area contributed by atoms with Crippen molar-refractivity contribution in [3.8, 4) is 16.9 Å². The van der Waals surface area contributed by atoms with Crippen LogP contribution in [0.15, 0.2) is 66.9 Å². The quantitative estimate of drug-likeness (QED) is 0.122. The SMILES string of the molecule is COC(CCn1cc(-c2ccc(OC(F)(F)F)cc2)c2cc(CN3CCC(CN4CCN(c5ccc6c(c5)CN(C5CCC(=O)NC5=O)C6)CC4)CC3)ccc21)OC. The van der Waals surface area contributed by atoms with E-state index in [0.717, 1.165) is 100 Å². The number of hydrogen-bond donors (Lipinski definition) is 1. The fraction of sp³-hybridized carbons (Fsp3) is 0.500. The molecule has 0 saturated carbocycles. The number of alkyl halides is 3. The Morgan fingerprint density at radius 2 is 1.57 bits per heavy atom. The molecule has 0 bridgehead atoms. The first kappa shape index (κ1) is 40.3. The molecule has 1 aromatic heterocycles. The van der Waals surface area contributed by atoms with E-state index in [1.165, 1.54) is 34.5 Å². The summed E-state index contributed by atoms with van der Waals surface area (Å²) in [7, 11) is 3.24. The van der Waals surface area contributed by atoms with Gasteiger partial charge in [0.25, 0.3) is 0 Å². The Kier molecular flexibility index (Phi) is 12.1. The summed E-state index contributed by atoms with van der Waals surface area (Å²) in [6.07, 6.45) is 0.920. The number of aryl methyl sites for hydroxylation is 1. The molecule has 0 radical (unpaired) electrons. The average Bonchev–Trinajstić information content (AvgIpc) is 3.80. The lowest BCUT2D eigenvalue weighted by Crippen LogP contribution is -2.50. The molecular weight excluding hydrogens is 750 g/mol. The number of hydrogen-bond acceptors (Lipinski definition) is 9. The summed E-state index contributed by atoms with van der Waals surface area (Å²) in [4.78, 5) is 33.9. The van der Waals surface area contributed by atoms with Gasteiger partial charge >= 0.3 is 6.36 Å². The number of nitrogens with one attached hydrogen (secondary N) is 1. The summed E-state index contributed by atoms with van der Waals surface area (Å²) in [5, 5.41) is 3.55. The molecule has 0 spiro atoms. The van der Waals surface area contributed by atoms with Gasteiger partial charge in [0.1, 0.15) is 5.75 Å². The molecule has 4 aromatic rings. The summed E-state index contributed by atoms with van der Waals surface area (Å²) >= 11 is 0. The first-order valence-corrected chi connectivity index (χ1v) is 20.4. The van der Waals surface area contributed by atoms with Crippen LogP contribution in [0, 0.1) is 5.92 Å². The average molecular weight is 803 g/mol. The number of methoxy groups -OCH3 is 2. The van der Waals surface area contributed by atoms with Gasteiger partial charge in [-0.15, -0.1) is 13.2 Å². The van der Waals surface area contributed by atoms with Crippen molar-refractivity contribution in [2.45, 2.75) is 77.0 Å². The number of benzene rings is 3. The number of ether oxygens (including phenoxy) is 3. The third-order valence-corrected chi connectivity index (χ3v) is 12.4. The van der Waals surface area contributed by atoms with Crippen molar-refractivity contribution in [1.29, 1.82) is 0 Å². The number of aromatic nitrogens is 1. The largest absolute Gasteiger partial charge is 0.573 e. The van der Waals surface area contributed by atoms with Crippen molar-refractivity contribution >= 4 is 28.4 Å². The first-order valence-electron chi connectivity index (χ1n) is 20.4. The number of imide groups is 1. The number of amides is 2. The van der Waals surface area contributed by atoms with Gasteiger partial charge in [0.15, 0.2) is 6.29 Å². The Morgan fingerprint density at radius 1 is 0.828 bits per heavy atom. The Bertz CT molecular complexity index is 2070. The number of halogens is 3. The molecule has 0 aliphatic carbocycles. The Morgan fingerprint density at radius 3 is 2.28 bits per heavy atom. The van der Waals surface area contributed by atoms with Gasteiger partial charge in [-0.2, -0.15) is 0 Å². The second-order valence-electron chi connectivity index (χ2n) is 16.2. The van der Waals surface area contributed by atoms with Crippen LogP contribution in [0.25, 0.3) is 22.0 Å². The number of rotatable bonds is 13. The summed E-state index contributed by atoms with van der Waals surface area (Å²) in [5.41, 5.74) is 7.82. The van der Waals surface area contributed by atoms with Gasteiger partial charge in [-0.25, -0.2) is 0 Å². The maximum absolute atomic E-state index is 12.8. The second kappa shape index (κ2) is 17.4. The molecule has 3 aromatic carbocycles. The van der Waals surface area contributed by atoms with Crippen LogP contribution in [0.2, 0.25) is 0 Å². The standard InChI is InChI=1S/C44H53F3N6O5/c1-56-42(57-2)15-18-52-29-38(32-5-8-36(9-6-32)58-44(45,46)47)37-23-31(3-10-39(37)52)26-49-16-13-30(14-17-49)25-50-19-21-51(22-20-50)35-7-4-33-27-53(28-34(33)24-35)40-11-12-41(54)48-43(40)55/h3-10,23-24,29-30,40,42H,11-22,25-28H2,1-2H3,(H,48,54,55). The van der Waals surface area contributed by atoms with Crippen LogP contribution < -0.4 is 15.0 Å². The van der Waals surface area contributed by atoms with E-state index >= 15 is 0 Å². The molecule has 58 heavy (non-hydrogen) atoms. The lowest BCUT2D eigenvalue weighted by Gasteiger charge is -2.39. The summed E-state index contributed by atoms with van der Waals surface area (Å²) in [6, 6.07) is 19.1. The van der Waals surface area contributed by atoms with E-state index in [1.54, 1.807) is 26.4 Å². The molecule has 2 amide bonds. The molecule has 4 aliphatic heterocycles. The third-order valence-electron chi connectivity index (χ3n) is 12.4. The van der Waals surface area contributed by atoms with Crippen LogP contribution in [0.1, 0.15) is 48.8 Å². The zero-order valence-electron chi connectivity index (χ0n) is 33.3. The zero-order valence-corrected chi connectivity index (χ0v) is 33.3. The van der Waals surface area contributed by atoms with Crippen molar-refractivity contribution in [1.82, 2.24) is 24.6 Å². The van der Waals surface area contributed by atoms with E-state index in [4.69, 9.17) is 9.47 Å². The number of fused-ring (bicyclic) bond motifs is 2. The van der Waals surface area contributed by atoms with Gasteiger partial charge < -0.3 is 23.7 Å². The van der Waals surface area contributed by atoms with Crippen molar-refractivity contribution in [3.63, 3.8) is 0 Å². The van der Waals surface area contributed by atoms with Crippen LogP contribution in [-0.4, -0.2) is 110 Å². The van der Waals surface area contributed by atoms with Crippen LogP contribution in [-0.2, 0) is 45.2 Å². The molecule has 4 aliphatic rings. The fourth-order valence-corrected chi connectivity index (χ4v) is 9.26. The van der Waals surface area contributed by atoms with E-state index in [9.17, 15) is 22.8 Å². The summed E-state index contributed by atoms with van der Waals surface area (Å²) < 4.78 is 55.6. The normalized spacial score (nSPS) is 20.3. The topological polar surface area (TPSA) is 91.8 Å². The van der Waals surface area contributed by atoms with Crippen LogP contribution >= 0.6 is 0 Å². The van der Waals surface area contributed by atoms with Crippen molar-refractivity contribution in [2.24, 2.45) is 5.92 Å². The Labute approximate surface area is 337 Å². The maximum Gasteiger partial charge on any atom is 0.573 e. The Balaban J connectivity index is 0.842.